The molecule has 1 N–H and O–H groups in total. The van der Waals surface area contributed by atoms with Crippen LogP contribution in [-0.2, 0) is 22.4 Å². The Hall–Kier alpha value is -3.81. The molecule has 0 bridgehead atoms. The number of non-ortho nitro benzene ring substituents is 1. The van der Waals surface area contributed by atoms with Crippen LogP contribution in [0.3, 0.4) is 0 Å². The maximum Gasteiger partial charge on any atom is 0.339 e. The summed E-state index contributed by atoms with van der Waals surface area (Å²) in [6.07, 6.45) is 1.39. The predicted octanol–water partition coefficient (Wildman–Crippen LogP) is 3.82. The number of amides is 1. The number of pyridine rings is 1. The number of hydrogen-bond acceptors (Lipinski definition) is 6. The molecule has 2 aromatic carbocycles. The Morgan fingerprint density at radius 1 is 1.17 bits per heavy atom. The molecule has 4 rings (SSSR count). The first-order chi connectivity index (χ1) is 14.4. The Kier molecular flexibility index (Phi) is 5.14. The number of nitrogens with zero attached hydrogens (tertiary/aromatic N) is 2. The first kappa shape index (κ1) is 19.5. The Morgan fingerprint density at radius 3 is 2.77 bits per heavy atom. The lowest BCUT2D eigenvalue weighted by Gasteiger charge is -2.16. The molecule has 1 aliphatic rings. The smallest absolute Gasteiger partial charge is 0.339 e. The number of nitrogens with one attached hydrogen (secondary N) is 1. The average Bonchev–Trinajstić information content (AvgIpc) is 3.19. The fraction of sp³-hybridized carbons (Fsp3) is 0.227. The zero-order chi connectivity index (χ0) is 21.3. The third-order valence-corrected chi connectivity index (χ3v) is 5.10. The molecule has 1 aliphatic carbocycles. The largest absolute Gasteiger partial charge is 0.449 e. The lowest BCUT2D eigenvalue weighted by atomic mass is 10.0. The Balaban J connectivity index is 1.55. The number of carbonyl (C=O) groups excluding carboxylic acids is 2. The van der Waals surface area contributed by atoms with Crippen LogP contribution in [0.5, 0.6) is 0 Å². The van der Waals surface area contributed by atoms with Crippen molar-refractivity contribution >= 4 is 34.2 Å². The molecule has 152 valence electrons. The summed E-state index contributed by atoms with van der Waals surface area (Å²) < 4.78 is 5.47. The summed E-state index contributed by atoms with van der Waals surface area (Å²) in [7, 11) is 0. The summed E-state index contributed by atoms with van der Waals surface area (Å²) in [5, 5.41) is 14.1. The first-order valence-electron chi connectivity index (χ1n) is 9.61. The SMILES string of the molecule is C[C@@H](OC(=O)c1c2c(nc3ccccc13)CCC2)C(=O)Nc1cccc([N+](=O)[O-])c1. The standard InChI is InChI=1S/C22H19N3O5/c1-13(21(26)23-14-6-4-7-15(12-14)25(28)29)30-22(27)20-16-8-2-3-10-18(16)24-19-11-5-9-17(19)20/h2-4,6-8,10,12-13H,5,9,11H2,1H3,(H,23,26)/t13-/m1/s1. The highest BCUT2D eigenvalue weighted by Crippen LogP contribution is 2.30. The number of fused-ring (bicyclic) bond motifs is 2. The van der Waals surface area contributed by atoms with Crippen LogP contribution in [-0.4, -0.2) is 27.9 Å². The quantitative estimate of drug-likeness (QED) is 0.392. The van der Waals surface area contributed by atoms with Crippen molar-refractivity contribution in [1.29, 1.82) is 0 Å². The Morgan fingerprint density at radius 2 is 1.97 bits per heavy atom. The van der Waals surface area contributed by atoms with Gasteiger partial charge in [0.15, 0.2) is 6.10 Å². The molecule has 30 heavy (non-hydrogen) atoms. The summed E-state index contributed by atoms with van der Waals surface area (Å²) in [6, 6.07) is 12.9. The van der Waals surface area contributed by atoms with E-state index in [2.05, 4.69) is 10.3 Å². The van der Waals surface area contributed by atoms with E-state index in [4.69, 9.17) is 4.74 Å². The van der Waals surface area contributed by atoms with Crippen molar-refractivity contribution in [2.45, 2.75) is 32.3 Å². The van der Waals surface area contributed by atoms with Crippen molar-refractivity contribution in [3.05, 3.63) is 75.5 Å². The third kappa shape index (κ3) is 3.71. The fourth-order valence-corrected chi connectivity index (χ4v) is 3.66. The highest BCUT2D eigenvalue weighted by molar-refractivity contribution is 6.06. The Bertz CT molecular complexity index is 1170. The van der Waals surface area contributed by atoms with Crippen LogP contribution in [0.4, 0.5) is 11.4 Å². The van der Waals surface area contributed by atoms with Crippen LogP contribution in [0, 0.1) is 10.1 Å². The molecule has 0 fully saturated rings. The molecule has 1 amide bonds. The minimum Gasteiger partial charge on any atom is -0.449 e. The number of esters is 1. The number of benzene rings is 2. The fourth-order valence-electron chi connectivity index (χ4n) is 3.66. The van der Waals surface area contributed by atoms with Crippen LogP contribution >= 0.6 is 0 Å². The lowest BCUT2D eigenvalue weighted by molar-refractivity contribution is -0.384. The number of nitro benzene ring substituents is 1. The Labute approximate surface area is 172 Å². The van der Waals surface area contributed by atoms with Crippen molar-refractivity contribution in [1.82, 2.24) is 4.98 Å². The zero-order valence-electron chi connectivity index (χ0n) is 16.3. The molecule has 0 saturated carbocycles. The van der Waals surface area contributed by atoms with Crippen molar-refractivity contribution in [3.8, 4) is 0 Å². The van der Waals surface area contributed by atoms with Crippen LogP contribution in [0.15, 0.2) is 48.5 Å². The maximum atomic E-state index is 13.0. The molecule has 0 radical (unpaired) electrons. The molecular formula is C22H19N3O5. The second-order valence-corrected chi connectivity index (χ2v) is 7.13. The summed E-state index contributed by atoms with van der Waals surface area (Å²) in [4.78, 5) is 40.5. The molecule has 8 nitrogen and oxygen atoms in total. The number of carbonyl (C=O) groups is 2. The van der Waals surface area contributed by atoms with E-state index in [9.17, 15) is 19.7 Å². The van der Waals surface area contributed by atoms with E-state index in [0.717, 1.165) is 36.0 Å². The molecule has 3 aromatic rings. The molecule has 0 aliphatic heterocycles. The number of aromatic nitrogens is 1. The maximum absolute atomic E-state index is 13.0. The second-order valence-electron chi connectivity index (χ2n) is 7.13. The molecule has 1 aromatic heterocycles. The average molecular weight is 405 g/mol. The van der Waals surface area contributed by atoms with E-state index in [1.807, 2.05) is 24.3 Å². The van der Waals surface area contributed by atoms with Gasteiger partial charge in [-0.25, -0.2) is 4.79 Å². The highest BCUT2D eigenvalue weighted by atomic mass is 16.6. The molecular weight excluding hydrogens is 386 g/mol. The number of rotatable bonds is 5. The van der Waals surface area contributed by atoms with Crippen molar-refractivity contribution in [2.24, 2.45) is 0 Å². The topological polar surface area (TPSA) is 111 Å². The van der Waals surface area contributed by atoms with Gasteiger partial charge >= 0.3 is 5.97 Å². The van der Waals surface area contributed by atoms with Crippen molar-refractivity contribution < 1.29 is 19.2 Å². The molecule has 0 unspecified atom stereocenters. The van der Waals surface area contributed by atoms with E-state index >= 15 is 0 Å². The summed E-state index contributed by atoms with van der Waals surface area (Å²) in [5.41, 5.74) is 3.07. The number of nitro groups is 1. The molecule has 0 spiro atoms. The third-order valence-electron chi connectivity index (χ3n) is 5.10. The minimum absolute atomic E-state index is 0.142. The van der Waals surface area contributed by atoms with Gasteiger partial charge in [0, 0.05) is 28.9 Å². The lowest BCUT2D eigenvalue weighted by Crippen LogP contribution is -2.30. The number of aryl methyl sites for hydroxylation is 1. The molecule has 0 saturated heterocycles. The van der Waals surface area contributed by atoms with E-state index in [1.165, 1.54) is 31.2 Å². The highest BCUT2D eigenvalue weighted by Gasteiger charge is 2.27. The summed E-state index contributed by atoms with van der Waals surface area (Å²) in [6.45, 7) is 1.47. The van der Waals surface area contributed by atoms with Crippen molar-refractivity contribution in [3.63, 3.8) is 0 Å². The summed E-state index contributed by atoms with van der Waals surface area (Å²) >= 11 is 0. The molecule has 1 heterocycles. The first-order valence-corrected chi connectivity index (χ1v) is 9.61. The van der Waals surface area contributed by atoms with Gasteiger partial charge < -0.3 is 10.1 Å². The van der Waals surface area contributed by atoms with E-state index in [1.54, 1.807) is 0 Å². The monoisotopic (exact) mass is 405 g/mol. The number of ether oxygens (including phenoxy) is 1. The number of para-hydroxylation sites is 1. The van der Waals surface area contributed by atoms with Crippen LogP contribution in [0.1, 0.15) is 35.0 Å². The van der Waals surface area contributed by atoms with Gasteiger partial charge in [0.1, 0.15) is 0 Å². The number of hydrogen-bond donors (Lipinski definition) is 1. The predicted molar refractivity (Wildman–Crippen MR) is 110 cm³/mol. The minimum atomic E-state index is -1.08. The van der Waals surface area contributed by atoms with Gasteiger partial charge in [0.2, 0.25) is 0 Å². The van der Waals surface area contributed by atoms with Crippen LogP contribution in [0.2, 0.25) is 0 Å². The second kappa shape index (κ2) is 7.90. The molecule has 1 atom stereocenters. The van der Waals surface area contributed by atoms with E-state index in [-0.39, 0.29) is 11.4 Å². The number of anilines is 1. The van der Waals surface area contributed by atoms with Gasteiger partial charge in [0.25, 0.3) is 11.6 Å². The van der Waals surface area contributed by atoms with Crippen LogP contribution in [0.25, 0.3) is 10.9 Å². The van der Waals surface area contributed by atoms with Gasteiger partial charge in [-0.15, -0.1) is 0 Å². The normalized spacial score (nSPS) is 13.5. The summed E-state index contributed by atoms with van der Waals surface area (Å²) in [5.74, 6) is -1.15. The van der Waals surface area contributed by atoms with Crippen LogP contribution < -0.4 is 5.32 Å². The van der Waals surface area contributed by atoms with Crippen molar-refractivity contribution in [2.75, 3.05) is 5.32 Å². The molecule has 8 heteroatoms. The van der Waals surface area contributed by atoms with Gasteiger partial charge in [-0.05, 0) is 43.9 Å². The van der Waals surface area contributed by atoms with Gasteiger partial charge in [-0.1, -0.05) is 24.3 Å². The van der Waals surface area contributed by atoms with E-state index < -0.39 is 22.9 Å². The van der Waals surface area contributed by atoms with Gasteiger partial charge in [-0.2, -0.15) is 0 Å². The zero-order valence-corrected chi connectivity index (χ0v) is 16.3. The van der Waals surface area contributed by atoms with Gasteiger partial charge in [-0.3, -0.25) is 19.9 Å². The van der Waals surface area contributed by atoms with E-state index in [0.29, 0.717) is 10.9 Å². The van der Waals surface area contributed by atoms with Gasteiger partial charge in [0.05, 0.1) is 16.0 Å².